The highest BCUT2D eigenvalue weighted by Crippen LogP contribution is 2.50. The number of rotatable bonds is 5. The first-order chi connectivity index (χ1) is 25.0. The third-order valence-electron chi connectivity index (χ3n) is 10.9. The molecule has 1 heterocycles. The number of aromatic nitrogens is 1. The second-order valence-corrected chi connectivity index (χ2v) is 14.2. The number of hydrogen-bond donors (Lipinski definition) is 0. The summed E-state index contributed by atoms with van der Waals surface area (Å²) < 4.78 is 2.37. The van der Waals surface area contributed by atoms with Crippen LogP contribution in [0, 0.1) is 0 Å². The minimum Gasteiger partial charge on any atom is -0.310 e. The lowest BCUT2D eigenvalue weighted by atomic mass is 9.82. The second kappa shape index (κ2) is 11.3. The first-order valence-corrected chi connectivity index (χ1v) is 17.8. The molecule has 0 saturated heterocycles. The minimum atomic E-state index is -0.0659. The van der Waals surface area contributed by atoms with E-state index in [4.69, 9.17) is 0 Å². The Kier molecular flexibility index (Phi) is 6.56. The summed E-state index contributed by atoms with van der Waals surface area (Å²) in [6.45, 7) is 4.70. The van der Waals surface area contributed by atoms with Crippen molar-refractivity contribution in [3.63, 3.8) is 0 Å². The Balaban J connectivity index is 1.06. The van der Waals surface area contributed by atoms with Crippen molar-refractivity contribution in [2.75, 3.05) is 4.90 Å². The Morgan fingerprint density at radius 3 is 1.88 bits per heavy atom. The van der Waals surface area contributed by atoms with Crippen LogP contribution >= 0.6 is 0 Å². The van der Waals surface area contributed by atoms with Crippen LogP contribution in [0.1, 0.15) is 25.0 Å². The van der Waals surface area contributed by atoms with Crippen LogP contribution in [0.25, 0.3) is 60.5 Å². The van der Waals surface area contributed by atoms with E-state index in [1.807, 2.05) is 0 Å². The van der Waals surface area contributed by atoms with Crippen molar-refractivity contribution in [2.24, 2.45) is 0 Å². The van der Waals surface area contributed by atoms with Crippen molar-refractivity contribution in [3.05, 3.63) is 193 Å². The number of hydrogen-bond acceptors (Lipinski definition) is 1. The predicted molar refractivity (Wildman–Crippen MR) is 216 cm³/mol. The summed E-state index contributed by atoms with van der Waals surface area (Å²) in [6, 6.07) is 66.6. The summed E-state index contributed by atoms with van der Waals surface area (Å²) in [5, 5.41) is 4.97. The number of anilines is 3. The van der Waals surface area contributed by atoms with Crippen molar-refractivity contribution >= 4 is 49.6 Å². The zero-order chi connectivity index (χ0) is 34.1. The van der Waals surface area contributed by atoms with Crippen molar-refractivity contribution in [2.45, 2.75) is 19.3 Å². The Morgan fingerprint density at radius 1 is 0.412 bits per heavy atom. The topological polar surface area (TPSA) is 8.17 Å². The summed E-state index contributed by atoms with van der Waals surface area (Å²) >= 11 is 0. The van der Waals surface area contributed by atoms with Crippen LogP contribution in [-0.4, -0.2) is 4.57 Å². The Morgan fingerprint density at radius 2 is 1.02 bits per heavy atom. The van der Waals surface area contributed by atoms with E-state index in [-0.39, 0.29) is 5.41 Å². The Labute approximate surface area is 298 Å². The molecule has 0 N–H and O–H groups in total. The fraction of sp³-hybridized carbons (Fsp3) is 0.0612. The number of para-hydroxylation sites is 3. The summed E-state index contributed by atoms with van der Waals surface area (Å²) in [6.07, 6.45) is 0. The molecule has 1 aromatic heterocycles. The van der Waals surface area contributed by atoms with Gasteiger partial charge in [0.2, 0.25) is 0 Å². The highest BCUT2D eigenvalue weighted by atomic mass is 15.1. The average Bonchev–Trinajstić information content (AvgIpc) is 3.63. The Hall–Kier alpha value is -6.38. The van der Waals surface area contributed by atoms with Gasteiger partial charge in [-0.25, -0.2) is 0 Å². The first-order valence-electron chi connectivity index (χ1n) is 17.8. The molecule has 0 fully saturated rings. The monoisotopic (exact) mass is 652 g/mol. The molecule has 0 bridgehead atoms. The Bertz CT molecular complexity index is 2770. The molecule has 8 aromatic carbocycles. The van der Waals surface area contributed by atoms with Gasteiger partial charge in [0.25, 0.3) is 0 Å². The van der Waals surface area contributed by atoms with E-state index in [1.165, 1.54) is 77.3 Å². The first kappa shape index (κ1) is 29.5. The molecule has 0 atom stereocenters. The molecule has 0 aliphatic heterocycles. The van der Waals surface area contributed by atoms with Gasteiger partial charge < -0.3 is 9.47 Å². The number of benzene rings is 8. The fourth-order valence-electron chi connectivity index (χ4n) is 8.42. The molecule has 2 nitrogen and oxygen atoms in total. The fourth-order valence-corrected chi connectivity index (χ4v) is 8.42. The van der Waals surface area contributed by atoms with Crippen LogP contribution in [0.2, 0.25) is 0 Å². The van der Waals surface area contributed by atoms with Crippen molar-refractivity contribution < 1.29 is 0 Å². The van der Waals surface area contributed by atoms with Crippen LogP contribution < -0.4 is 4.90 Å². The molecule has 51 heavy (non-hydrogen) atoms. The van der Waals surface area contributed by atoms with Gasteiger partial charge in [-0.05, 0) is 117 Å². The van der Waals surface area contributed by atoms with Gasteiger partial charge in [0.05, 0.1) is 11.0 Å². The molecule has 9 aromatic rings. The highest BCUT2D eigenvalue weighted by molar-refractivity contribution is 6.10. The maximum Gasteiger partial charge on any atom is 0.0541 e. The predicted octanol–water partition coefficient (Wildman–Crippen LogP) is 13.4. The molecule has 0 saturated carbocycles. The van der Waals surface area contributed by atoms with Crippen LogP contribution in [0.3, 0.4) is 0 Å². The van der Waals surface area contributed by atoms with Crippen LogP contribution in [0.4, 0.5) is 17.1 Å². The van der Waals surface area contributed by atoms with Crippen LogP contribution in [-0.2, 0) is 5.41 Å². The smallest absolute Gasteiger partial charge is 0.0541 e. The summed E-state index contributed by atoms with van der Waals surface area (Å²) in [4.78, 5) is 2.39. The van der Waals surface area contributed by atoms with Gasteiger partial charge in [-0.2, -0.15) is 0 Å². The van der Waals surface area contributed by atoms with Gasteiger partial charge >= 0.3 is 0 Å². The van der Waals surface area contributed by atoms with E-state index < -0.39 is 0 Å². The molecule has 0 amide bonds. The van der Waals surface area contributed by atoms with E-state index in [9.17, 15) is 0 Å². The van der Waals surface area contributed by atoms with Gasteiger partial charge in [-0.1, -0.05) is 123 Å². The minimum absolute atomic E-state index is 0.0659. The molecular formula is C49H36N2. The SMILES string of the molecule is CC1(C)c2ccccc2-c2ccc(N(c3ccccc3)c3ccc4cc(-c5ccc6c(c5)c5ccccc5n6-c5ccccc5)ccc4c3)cc21. The van der Waals surface area contributed by atoms with E-state index in [0.717, 1.165) is 11.4 Å². The second-order valence-electron chi connectivity index (χ2n) is 14.2. The van der Waals surface area contributed by atoms with Crippen LogP contribution in [0.15, 0.2) is 182 Å². The third kappa shape index (κ3) is 4.64. The average molecular weight is 653 g/mol. The van der Waals surface area contributed by atoms with E-state index >= 15 is 0 Å². The van der Waals surface area contributed by atoms with Crippen LogP contribution in [0.5, 0.6) is 0 Å². The van der Waals surface area contributed by atoms with Gasteiger partial charge in [0, 0.05) is 38.9 Å². The molecule has 10 rings (SSSR count). The van der Waals surface area contributed by atoms with Gasteiger partial charge in [-0.15, -0.1) is 0 Å². The zero-order valence-corrected chi connectivity index (χ0v) is 28.7. The highest BCUT2D eigenvalue weighted by Gasteiger charge is 2.35. The lowest BCUT2D eigenvalue weighted by Gasteiger charge is -2.28. The van der Waals surface area contributed by atoms with E-state index in [1.54, 1.807) is 0 Å². The van der Waals surface area contributed by atoms with Crippen molar-refractivity contribution in [1.29, 1.82) is 0 Å². The number of nitrogens with zero attached hydrogens (tertiary/aromatic N) is 2. The zero-order valence-electron chi connectivity index (χ0n) is 28.7. The lowest BCUT2D eigenvalue weighted by Crippen LogP contribution is -2.16. The molecule has 0 radical (unpaired) electrons. The van der Waals surface area contributed by atoms with E-state index in [0.29, 0.717) is 0 Å². The molecule has 2 heteroatoms. The molecule has 242 valence electrons. The molecule has 0 spiro atoms. The molecule has 1 aliphatic rings. The van der Waals surface area contributed by atoms with Gasteiger partial charge in [0.15, 0.2) is 0 Å². The number of fused-ring (bicyclic) bond motifs is 7. The van der Waals surface area contributed by atoms with Gasteiger partial charge in [-0.3, -0.25) is 0 Å². The summed E-state index contributed by atoms with van der Waals surface area (Å²) in [5.74, 6) is 0. The quantitative estimate of drug-likeness (QED) is 0.180. The summed E-state index contributed by atoms with van der Waals surface area (Å²) in [5.41, 5.74) is 14.9. The summed E-state index contributed by atoms with van der Waals surface area (Å²) in [7, 11) is 0. The van der Waals surface area contributed by atoms with Gasteiger partial charge in [0.1, 0.15) is 0 Å². The van der Waals surface area contributed by atoms with Crippen molar-refractivity contribution in [1.82, 2.24) is 4.57 Å². The maximum atomic E-state index is 2.40. The molecule has 1 aliphatic carbocycles. The third-order valence-corrected chi connectivity index (χ3v) is 10.9. The normalized spacial score (nSPS) is 13.1. The largest absolute Gasteiger partial charge is 0.310 e. The molecular weight excluding hydrogens is 617 g/mol. The lowest BCUT2D eigenvalue weighted by molar-refractivity contribution is 0.660. The molecule has 0 unspecified atom stereocenters. The maximum absolute atomic E-state index is 2.40. The van der Waals surface area contributed by atoms with Crippen molar-refractivity contribution in [3.8, 4) is 27.9 Å². The van der Waals surface area contributed by atoms with E-state index in [2.05, 4.69) is 205 Å². The standard InChI is InChI=1S/C49H36N2/c1-49(2)45-19-11-9-17-41(45)42-27-26-40(32-46(42)49)50(37-13-5-3-6-14-37)39-25-23-34-29-33(21-22-35(34)30-39)36-24-28-48-44(31-36)43-18-10-12-20-47(43)51(48)38-15-7-4-8-16-38/h3-32H,1-2H3.